The van der Waals surface area contributed by atoms with Gasteiger partial charge in [-0.15, -0.1) is 0 Å². The minimum absolute atomic E-state index is 0.137. The molecule has 1 aliphatic rings. The lowest BCUT2D eigenvalue weighted by Crippen LogP contribution is -2.37. The molecule has 1 heterocycles. The van der Waals surface area contributed by atoms with E-state index in [1.54, 1.807) is 26.2 Å². The van der Waals surface area contributed by atoms with Crippen molar-refractivity contribution in [1.82, 2.24) is 5.32 Å². The maximum atomic E-state index is 11.8. The highest BCUT2D eigenvalue weighted by Gasteiger charge is 2.42. The molecular weight excluding hydrogens is 206 g/mol. The van der Waals surface area contributed by atoms with Gasteiger partial charge in [-0.05, 0) is 13.0 Å². The largest absolute Gasteiger partial charge is 0.496 e. The first kappa shape index (κ1) is 10.5. The van der Waals surface area contributed by atoms with Crippen molar-refractivity contribution in [2.24, 2.45) is 10.7 Å². The SMILES string of the molecule is COc1ccccc1C1(C)N=C(N)NC1=O. The van der Waals surface area contributed by atoms with E-state index in [1.807, 2.05) is 12.1 Å². The second-order valence-electron chi connectivity index (χ2n) is 3.72. The molecule has 5 heteroatoms. The Kier molecular flexibility index (Phi) is 2.30. The topological polar surface area (TPSA) is 76.7 Å². The first-order valence-corrected chi connectivity index (χ1v) is 4.88. The maximum absolute atomic E-state index is 11.8. The number of para-hydroxylation sites is 1. The van der Waals surface area contributed by atoms with Crippen molar-refractivity contribution in [2.45, 2.75) is 12.5 Å². The van der Waals surface area contributed by atoms with Crippen molar-refractivity contribution in [2.75, 3.05) is 7.11 Å². The zero-order valence-electron chi connectivity index (χ0n) is 9.15. The van der Waals surface area contributed by atoms with E-state index in [1.165, 1.54) is 0 Å². The third kappa shape index (κ3) is 1.41. The smallest absolute Gasteiger partial charge is 0.259 e. The molecule has 1 unspecified atom stereocenters. The van der Waals surface area contributed by atoms with E-state index in [4.69, 9.17) is 10.5 Å². The van der Waals surface area contributed by atoms with E-state index in [9.17, 15) is 4.79 Å². The number of nitrogens with two attached hydrogens (primary N) is 1. The Hall–Kier alpha value is -2.04. The molecule has 1 aromatic carbocycles. The van der Waals surface area contributed by atoms with Crippen LogP contribution in [-0.2, 0) is 10.3 Å². The number of rotatable bonds is 2. The molecule has 2 rings (SSSR count). The van der Waals surface area contributed by atoms with Gasteiger partial charge in [-0.1, -0.05) is 18.2 Å². The van der Waals surface area contributed by atoms with E-state index < -0.39 is 5.54 Å². The van der Waals surface area contributed by atoms with Crippen LogP contribution in [-0.4, -0.2) is 19.0 Å². The van der Waals surface area contributed by atoms with Gasteiger partial charge in [0.15, 0.2) is 11.5 Å². The number of hydrogen-bond acceptors (Lipinski definition) is 4. The van der Waals surface area contributed by atoms with Crippen LogP contribution in [0, 0.1) is 0 Å². The zero-order chi connectivity index (χ0) is 11.8. The van der Waals surface area contributed by atoms with Gasteiger partial charge in [-0.25, -0.2) is 4.99 Å². The number of carbonyl (C=O) groups is 1. The van der Waals surface area contributed by atoms with Crippen molar-refractivity contribution in [3.8, 4) is 5.75 Å². The highest BCUT2D eigenvalue weighted by Crippen LogP contribution is 2.34. The van der Waals surface area contributed by atoms with Crippen LogP contribution in [0.4, 0.5) is 0 Å². The van der Waals surface area contributed by atoms with E-state index in [2.05, 4.69) is 10.3 Å². The predicted octanol–water partition coefficient (Wildman–Crippen LogP) is 0.355. The van der Waals surface area contributed by atoms with E-state index in [-0.39, 0.29) is 11.9 Å². The molecule has 1 aliphatic heterocycles. The first-order valence-electron chi connectivity index (χ1n) is 4.88. The Bertz CT molecular complexity index is 470. The van der Waals surface area contributed by atoms with Crippen LogP contribution in [0.1, 0.15) is 12.5 Å². The third-order valence-electron chi connectivity index (χ3n) is 2.66. The van der Waals surface area contributed by atoms with Crippen LogP contribution in [0.2, 0.25) is 0 Å². The van der Waals surface area contributed by atoms with E-state index in [0.29, 0.717) is 11.3 Å². The molecule has 0 saturated heterocycles. The fraction of sp³-hybridized carbons (Fsp3) is 0.273. The van der Waals surface area contributed by atoms with Gasteiger partial charge in [-0.2, -0.15) is 0 Å². The van der Waals surface area contributed by atoms with Gasteiger partial charge in [0.1, 0.15) is 5.75 Å². The summed E-state index contributed by atoms with van der Waals surface area (Å²) in [5, 5.41) is 2.49. The number of ether oxygens (including phenoxy) is 1. The minimum atomic E-state index is -1.00. The highest BCUT2D eigenvalue weighted by atomic mass is 16.5. The Morgan fingerprint density at radius 3 is 2.69 bits per heavy atom. The van der Waals surface area contributed by atoms with E-state index in [0.717, 1.165) is 0 Å². The molecule has 0 bridgehead atoms. The molecule has 0 radical (unpaired) electrons. The Morgan fingerprint density at radius 1 is 1.44 bits per heavy atom. The molecular formula is C11H13N3O2. The third-order valence-corrected chi connectivity index (χ3v) is 2.66. The molecule has 0 aromatic heterocycles. The van der Waals surface area contributed by atoms with Crippen molar-refractivity contribution >= 4 is 11.9 Å². The predicted molar refractivity (Wildman–Crippen MR) is 60.1 cm³/mol. The molecule has 16 heavy (non-hydrogen) atoms. The number of nitrogens with one attached hydrogen (secondary N) is 1. The lowest BCUT2D eigenvalue weighted by Gasteiger charge is -2.20. The first-order chi connectivity index (χ1) is 7.58. The molecule has 84 valence electrons. The summed E-state index contributed by atoms with van der Waals surface area (Å²) in [7, 11) is 1.56. The van der Waals surface area contributed by atoms with Gasteiger partial charge in [-0.3, -0.25) is 10.1 Å². The van der Waals surface area contributed by atoms with Crippen molar-refractivity contribution in [1.29, 1.82) is 0 Å². The van der Waals surface area contributed by atoms with Crippen molar-refractivity contribution < 1.29 is 9.53 Å². The number of methoxy groups -OCH3 is 1. The highest BCUT2D eigenvalue weighted by molar-refractivity contribution is 6.07. The summed E-state index contributed by atoms with van der Waals surface area (Å²) < 4.78 is 5.22. The fourth-order valence-corrected chi connectivity index (χ4v) is 1.79. The summed E-state index contributed by atoms with van der Waals surface area (Å²) in [5.74, 6) is 0.520. The quantitative estimate of drug-likeness (QED) is 0.753. The molecule has 3 N–H and O–H groups in total. The number of amides is 1. The molecule has 0 aliphatic carbocycles. The van der Waals surface area contributed by atoms with Crippen LogP contribution < -0.4 is 15.8 Å². The zero-order valence-corrected chi connectivity index (χ0v) is 9.15. The summed E-state index contributed by atoms with van der Waals surface area (Å²) in [6.45, 7) is 1.71. The van der Waals surface area contributed by atoms with Gasteiger partial charge >= 0.3 is 0 Å². The van der Waals surface area contributed by atoms with Crippen molar-refractivity contribution in [3.63, 3.8) is 0 Å². The molecule has 0 saturated carbocycles. The van der Waals surface area contributed by atoms with Gasteiger partial charge in [0.25, 0.3) is 5.91 Å². The van der Waals surface area contributed by atoms with Gasteiger partial charge in [0, 0.05) is 5.56 Å². The molecule has 1 aromatic rings. The number of carbonyl (C=O) groups excluding carboxylic acids is 1. The summed E-state index contributed by atoms with van der Waals surface area (Å²) >= 11 is 0. The minimum Gasteiger partial charge on any atom is -0.496 e. The molecule has 1 amide bonds. The molecule has 0 fully saturated rings. The monoisotopic (exact) mass is 219 g/mol. The Morgan fingerprint density at radius 2 is 2.12 bits per heavy atom. The van der Waals surface area contributed by atoms with Gasteiger partial charge in [0.2, 0.25) is 0 Å². The standard InChI is InChI=1S/C11H13N3O2/c1-11(9(15)13-10(12)14-11)7-5-3-4-6-8(7)16-2/h3-6H,1-2H3,(H3,12,13,14,15). The summed E-state index contributed by atoms with van der Waals surface area (Å²) in [4.78, 5) is 15.9. The second kappa shape index (κ2) is 3.52. The normalized spacial score (nSPS) is 23.9. The summed E-state index contributed by atoms with van der Waals surface area (Å²) in [5.41, 5.74) is 5.21. The van der Waals surface area contributed by atoms with Gasteiger partial charge in [0.05, 0.1) is 7.11 Å². The fourth-order valence-electron chi connectivity index (χ4n) is 1.79. The number of guanidine groups is 1. The molecule has 5 nitrogen and oxygen atoms in total. The van der Waals surface area contributed by atoms with Crippen LogP contribution in [0.5, 0.6) is 5.75 Å². The van der Waals surface area contributed by atoms with Crippen LogP contribution in [0.25, 0.3) is 0 Å². The molecule has 1 atom stereocenters. The molecule has 0 spiro atoms. The van der Waals surface area contributed by atoms with Crippen LogP contribution in [0.3, 0.4) is 0 Å². The van der Waals surface area contributed by atoms with Crippen LogP contribution >= 0.6 is 0 Å². The Labute approximate surface area is 93.3 Å². The summed E-state index contributed by atoms with van der Waals surface area (Å²) in [6, 6.07) is 7.27. The second-order valence-corrected chi connectivity index (χ2v) is 3.72. The number of nitrogens with zero attached hydrogens (tertiary/aromatic N) is 1. The lowest BCUT2D eigenvalue weighted by molar-refractivity contribution is -0.123. The average Bonchev–Trinajstić information content (AvgIpc) is 2.53. The lowest BCUT2D eigenvalue weighted by atomic mass is 9.92. The number of hydrogen-bond donors (Lipinski definition) is 2. The average molecular weight is 219 g/mol. The van der Waals surface area contributed by atoms with Crippen LogP contribution in [0.15, 0.2) is 29.3 Å². The van der Waals surface area contributed by atoms with Gasteiger partial charge < -0.3 is 10.5 Å². The Balaban J connectivity index is 2.55. The van der Waals surface area contributed by atoms with Crippen molar-refractivity contribution in [3.05, 3.63) is 29.8 Å². The number of benzene rings is 1. The number of aliphatic imine (C=N–C) groups is 1. The van der Waals surface area contributed by atoms with E-state index >= 15 is 0 Å². The summed E-state index contributed by atoms with van der Waals surface area (Å²) in [6.07, 6.45) is 0. The maximum Gasteiger partial charge on any atom is 0.259 e.